The first-order valence-corrected chi connectivity index (χ1v) is 5.98. The third kappa shape index (κ3) is 4.37. The predicted octanol–water partition coefficient (Wildman–Crippen LogP) is 2.04. The number of halogens is 3. The van der Waals surface area contributed by atoms with Gasteiger partial charge < -0.3 is 15.8 Å². The van der Waals surface area contributed by atoms with Gasteiger partial charge in [0.2, 0.25) is 0 Å². The Bertz CT molecular complexity index is 478. The average molecular weight is 291 g/mol. The molecule has 20 heavy (non-hydrogen) atoms. The van der Waals surface area contributed by atoms with Crippen molar-refractivity contribution in [1.82, 2.24) is 4.98 Å². The fourth-order valence-corrected chi connectivity index (χ4v) is 1.50. The number of rotatable bonds is 6. The summed E-state index contributed by atoms with van der Waals surface area (Å²) < 4.78 is 43.0. The predicted molar refractivity (Wildman–Crippen MR) is 67.3 cm³/mol. The Kier molecular flexibility index (Phi) is 5.32. The van der Waals surface area contributed by atoms with Gasteiger partial charge in [0, 0.05) is 12.6 Å². The average Bonchev–Trinajstić information content (AvgIpc) is 2.34. The minimum absolute atomic E-state index is 0.0960. The molecule has 0 bridgehead atoms. The minimum Gasteiger partial charge on any atom is -0.380 e. The summed E-state index contributed by atoms with van der Waals surface area (Å²) in [4.78, 5) is 14.6. The van der Waals surface area contributed by atoms with Gasteiger partial charge in [-0.3, -0.25) is 4.79 Å². The summed E-state index contributed by atoms with van der Waals surface area (Å²) >= 11 is 0. The number of nitrogens with two attached hydrogens (primary N) is 1. The highest BCUT2D eigenvalue weighted by molar-refractivity contribution is 5.97. The lowest BCUT2D eigenvalue weighted by Crippen LogP contribution is -2.26. The molecule has 8 heteroatoms. The zero-order chi connectivity index (χ0) is 15.3. The minimum atomic E-state index is -4.59. The molecular weight excluding hydrogens is 275 g/mol. The zero-order valence-electron chi connectivity index (χ0n) is 11.1. The molecule has 0 spiro atoms. The highest BCUT2D eigenvalue weighted by atomic mass is 19.4. The first-order chi connectivity index (χ1) is 9.25. The maximum atomic E-state index is 12.6. The molecule has 112 valence electrons. The Morgan fingerprint density at radius 1 is 1.50 bits per heavy atom. The number of carbonyl (C=O) groups excluding carboxylic acids is 1. The second kappa shape index (κ2) is 6.56. The van der Waals surface area contributed by atoms with Crippen LogP contribution in [-0.2, 0) is 10.9 Å². The van der Waals surface area contributed by atoms with Crippen LogP contribution in [0.3, 0.4) is 0 Å². The van der Waals surface area contributed by atoms with Gasteiger partial charge in [0.15, 0.2) is 0 Å². The van der Waals surface area contributed by atoms with Crippen molar-refractivity contribution in [2.75, 3.05) is 18.5 Å². The number of carbonyl (C=O) groups is 1. The summed E-state index contributed by atoms with van der Waals surface area (Å²) in [6, 6.07) is 1.41. The number of amides is 1. The standard InChI is InChI=1S/C12H16F3N3O2/c1-3-20-6-7(2)17-11-8(10(16)19)4-5-9(18-11)12(13,14)15/h4-5,7H,3,6H2,1-2H3,(H2,16,19)(H,17,18). The van der Waals surface area contributed by atoms with Crippen molar-refractivity contribution in [3.8, 4) is 0 Å². The van der Waals surface area contributed by atoms with Crippen molar-refractivity contribution < 1.29 is 22.7 Å². The maximum absolute atomic E-state index is 12.6. The highest BCUT2D eigenvalue weighted by Crippen LogP contribution is 2.29. The summed E-state index contributed by atoms with van der Waals surface area (Å²) in [6.07, 6.45) is -4.59. The summed E-state index contributed by atoms with van der Waals surface area (Å²) in [5.74, 6) is -1.04. The molecule has 0 saturated heterocycles. The molecule has 3 N–H and O–H groups in total. The Morgan fingerprint density at radius 3 is 2.65 bits per heavy atom. The normalized spacial score (nSPS) is 13.1. The molecule has 1 heterocycles. The molecule has 0 aliphatic carbocycles. The van der Waals surface area contributed by atoms with E-state index in [4.69, 9.17) is 10.5 Å². The quantitative estimate of drug-likeness (QED) is 0.840. The van der Waals surface area contributed by atoms with E-state index in [1.165, 1.54) is 0 Å². The van der Waals surface area contributed by atoms with E-state index in [2.05, 4.69) is 10.3 Å². The molecule has 1 aromatic rings. The number of hydrogen-bond donors (Lipinski definition) is 2. The van der Waals surface area contributed by atoms with Crippen molar-refractivity contribution in [1.29, 1.82) is 0 Å². The van der Waals surface area contributed by atoms with Crippen molar-refractivity contribution in [2.45, 2.75) is 26.1 Å². The molecule has 0 aliphatic heterocycles. The van der Waals surface area contributed by atoms with Crippen LogP contribution in [0.4, 0.5) is 19.0 Å². The lowest BCUT2D eigenvalue weighted by Gasteiger charge is -2.17. The van der Waals surface area contributed by atoms with E-state index in [9.17, 15) is 18.0 Å². The molecular formula is C12H16F3N3O2. The molecule has 1 atom stereocenters. The number of pyridine rings is 1. The van der Waals surface area contributed by atoms with Gasteiger partial charge in [0.05, 0.1) is 12.2 Å². The van der Waals surface area contributed by atoms with Gasteiger partial charge in [-0.25, -0.2) is 4.98 Å². The van der Waals surface area contributed by atoms with Gasteiger partial charge in [-0.05, 0) is 26.0 Å². The second-order valence-corrected chi connectivity index (χ2v) is 4.16. The number of alkyl halides is 3. The van der Waals surface area contributed by atoms with E-state index in [0.29, 0.717) is 6.61 Å². The number of primary amides is 1. The van der Waals surface area contributed by atoms with Gasteiger partial charge in [-0.2, -0.15) is 13.2 Å². The number of aromatic nitrogens is 1. The number of ether oxygens (including phenoxy) is 1. The van der Waals surface area contributed by atoms with E-state index in [1.54, 1.807) is 13.8 Å². The maximum Gasteiger partial charge on any atom is 0.433 e. The van der Waals surface area contributed by atoms with Gasteiger partial charge in [-0.1, -0.05) is 0 Å². The molecule has 0 radical (unpaired) electrons. The molecule has 1 rings (SSSR count). The highest BCUT2D eigenvalue weighted by Gasteiger charge is 2.33. The topological polar surface area (TPSA) is 77.2 Å². The monoisotopic (exact) mass is 291 g/mol. The fraction of sp³-hybridized carbons (Fsp3) is 0.500. The van der Waals surface area contributed by atoms with Crippen molar-refractivity contribution in [3.05, 3.63) is 23.4 Å². The van der Waals surface area contributed by atoms with Crippen molar-refractivity contribution in [2.24, 2.45) is 5.73 Å². The number of anilines is 1. The summed E-state index contributed by atoms with van der Waals surface area (Å²) in [7, 11) is 0. The van der Waals surface area contributed by atoms with Crippen LogP contribution >= 0.6 is 0 Å². The molecule has 0 fully saturated rings. The van der Waals surface area contributed by atoms with E-state index >= 15 is 0 Å². The van der Waals surface area contributed by atoms with Crippen LogP contribution < -0.4 is 11.1 Å². The van der Waals surface area contributed by atoms with Gasteiger partial charge in [0.1, 0.15) is 11.5 Å². The Balaban J connectivity index is 3.03. The van der Waals surface area contributed by atoms with Gasteiger partial charge in [0.25, 0.3) is 5.91 Å². The van der Waals surface area contributed by atoms with E-state index < -0.39 is 17.8 Å². The smallest absolute Gasteiger partial charge is 0.380 e. The van der Waals surface area contributed by atoms with E-state index in [0.717, 1.165) is 12.1 Å². The number of nitrogens with one attached hydrogen (secondary N) is 1. The Hall–Kier alpha value is -1.83. The first-order valence-electron chi connectivity index (χ1n) is 5.98. The number of nitrogens with zero attached hydrogens (tertiary/aromatic N) is 1. The van der Waals surface area contributed by atoms with Crippen LogP contribution in [0.15, 0.2) is 12.1 Å². The van der Waals surface area contributed by atoms with E-state index in [1.807, 2.05) is 0 Å². The molecule has 1 aromatic heterocycles. The SMILES string of the molecule is CCOCC(C)Nc1nc(C(F)(F)F)ccc1C(N)=O. The van der Waals surface area contributed by atoms with Gasteiger partial charge in [-0.15, -0.1) is 0 Å². The molecule has 1 amide bonds. The third-order valence-corrected chi connectivity index (χ3v) is 2.41. The van der Waals surface area contributed by atoms with Gasteiger partial charge >= 0.3 is 6.18 Å². The molecule has 1 unspecified atom stereocenters. The molecule has 5 nitrogen and oxygen atoms in total. The van der Waals surface area contributed by atoms with Crippen LogP contribution in [0.25, 0.3) is 0 Å². The van der Waals surface area contributed by atoms with Crippen LogP contribution in [0.1, 0.15) is 29.9 Å². The first kappa shape index (κ1) is 16.2. The van der Waals surface area contributed by atoms with Crippen molar-refractivity contribution in [3.63, 3.8) is 0 Å². The zero-order valence-corrected chi connectivity index (χ0v) is 11.1. The molecule has 0 saturated carbocycles. The Morgan fingerprint density at radius 2 is 2.15 bits per heavy atom. The summed E-state index contributed by atoms with van der Waals surface area (Å²) in [5.41, 5.74) is 3.93. The third-order valence-electron chi connectivity index (χ3n) is 2.41. The molecule has 0 aromatic carbocycles. The lowest BCUT2D eigenvalue weighted by molar-refractivity contribution is -0.141. The Labute approximate surface area is 114 Å². The summed E-state index contributed by atoms with van der Waals surface area (Å²) in [5, 5.41) is 2.70. The van der Waals surface area contributed by atoms with Crippen LogP contribution in [0.5, 0.6) is 0 Å². The fourth-order valence-electron chi connectivity index (χ4n) is 1.50. The number of hydrogen-bond acceptors (Lipinski definition) is 4. The lowest BCUT2D eigenvalue weighted by atomic mass is 10.2. The van der Waals surface area contributed by atoms with Crippen molar-refractivity contribution >= 4 is 11.7 Å². The summed E-state index contributed by atoms with van der Waals surface area (Å²) in [6.45, 7) is 4.24. The van der Waals surface area contributed by atoms with Crippen LogP contribution in [0.2, 0.25) is 0 Å². The largest absolute Gasteiger partial charge is 0.433 e. The van der Waals surface area contributed by atoms with E-state index in [-0.39, 0.29) is 24.0 Å². The van der Waals surface area contributed by atoms with Crippen LogP contribution in [-0.4, -0.2) is 30.1 Å². The van der Waals surface area contributed by atoms with Crippen LogP contribution in [0, 0.1) is 0 Å². The second-order valence-electron chi connectivity index (χ2n) is 4.16. The molecule has 0 aliphatic rings.